The minimum atomic E-state index is -0.868. The van der Waals surface area contributed by atoms with E-state index in [4.69, 9.17) is 4.74 Å². The number of rotatable bonds is 2. The number of ether oxygens (including phenoxy) is 1. The SMILES string of the molecule is O=C(c1ccc(F)cc1F)N1CCN(C(=O)C2CCCO2)CC1. The molecule has 23 heavy (non-hydrogen) atoms. The Morgan fingerprint density at radius 3 is 2.39 bits per heavy atom. The van der Waals surface area contributed by atoms with Crippen molar-refractivity contribution in [2.45, 2.75) is 18.9 Å². The summed E-state index contributed by atoms with van der Waals surface area (Å²) in [4.78, 5) is 27.7. The number of benzene rings is 1. The first-order valence-corrected chi connectivity index (χ1v) is 7.71. The second kappa shape index (κ2) is 6.62. The molecule has 2 heterocycles. The fourth-order valence-electron chi connectivity index (χ4n) is 2.94. The lowest BCUT2D eigenvalue weighted by Gasteiger charge is -2.35. The van der Waals surface area contributed by atoms with Gasteiger partial charge in [-0.2, -0.15) is 0 Å². The van der Waals surface area contributed by atoms with Crippen molar-refractivity contribution >= 4 is 11.8 Å². The molecular formula is C16H18F2N2O3. The quantitative estimate of drug-likeness (QED) is 0.827. The Kier molecular flexibility index (Phi) is 4.56. The molecule has 0 saturated carbocycles. The summed E-state index contributed by atoms with van der Waals surface area (Å²) in [6.45, 7) is 2.06. The van der Waals surface area contributed by atoms with E-state index in [-0.39, 0.29) is 17.6 Å². The summed E-state index contributed by atoms with van der Waals surface area (Å²) in [6.07, 6.45) is 1.25. The van der Waals surface area contributed by atoms with E-state index in [1.54, 1.807) is 4.90 Å². The Balaban J connectivity index is 1.60. The second-order valence-electron chi connectivity index (χ2n) is 5.74. The summed E-state index contributed by atoms with van der Waals surface area (Å²) in [6, 6.07) is 2.91. The van der Waals surface area contributed by atoms with Gasteiger partial charge in [0.25, 0.3) is 11.8 Å². The molecule has 1 aromatic carbocycles. The van der Waals surface area contributed by atoms with Crippen LogP contribution >= 0.6 is 0 Å². The molecule has 0 aromatic heterocycles. The molecule has 3 rings (SSSR count). The molecule has 124 valence electrons. The molecule has 5 nitrogen and oxygen atoms in total. The number of piperazine rings is 1. The first-order valence-electron chi connectivity index (χ1n) is 7.71. The van der Waals surface area contributed by atoms with Gasteiger partial charge in [0, 0.05) is 38.9 Å². The van der Waals surface area contributed by atoms with E-state index in [9.17, 15) is 18.4 Å². The normalized spacial score (nSPS) is 21.6. The monoisotopic (exact) mass is 324 g/mol. The predicted octanol–water partition coefficient (Wildman–Crippen LogP) is 1.43. The molecule has 0 aliphatic carbocycles. The van der Waals surface area contributed by atoms with Gasteiger partial charge in [-0.1, -0.05) is 0 Å². The van der Waals surface area contributed by atoms with E-state index in [2.05, 4.69) is 0 Å². The first kappa shape index (κ1) is 15.9. The molecule has 1 unspecified atom stereocenters. The summed E-state index contributed by atoms with van der Waals surface area (Å²) in [5, 5.41) is 0. The predicted molar refractivity (Wildman–Crippen MR) is 77.8 cm³/mol. The molecule has 2 saturated heterocycles. The van der Waals surface area contributed by atoms with Crippen LogP contribution in [0, 0.1) is 11.6 Å². The third-order valence-corrected chi connectivity index (χ3v) is 4.25. The van der Waals surface area contributed by atoms with Crippen LogP contribution in [-0.2, 0) is 9.53 Å². The number of hydrogen-bond acceptors (Lipinski definition) is 3. The van der Waals surface area contributed by atoms with E-state index in [0.717, 1.165) is 25.0 Å². The standard InChI is InChI=1S/C16H18F2N2O3/c17-11-3-4-12(13(18)10-11)15(21)19-5-7-20(8-6-19)16(22)14-2-1-9-23-14/h3-4,10,14H,1-2,5-9H2. The summed E-state index contributed by atoms with van der Waals surface area (Å²) < 4.78 is 32.0. The van der Waals surface area contributed by atoms with Crippen molar-refractivity contribution in [2.24, 2.45) is 0 Å². The minimum absolute atomic E-state index is 0.0393. The summed E-state index contributed by atoms with van der Waals surface area (Å²) in [7, 11) is 0. The zero-order chi connectivity index (χ0) is 16.4. The summed E-state index contributed by atoms with van der Waals surface area (Å²) in [5.41, 5.74) is -0.148. The molecule has 2 amide bonds. The zero-order valence-electron chi connectivity index (χ0n) is 12.6. The highest BCUT2D eigenvalue weighted by atomic mass is 19.1. The highest BCUT2D eigenvalue weighted by Gasteiger charge is 2.31. The maximum atomic E-state index is 13.7. The van der Waals surface area contributed by atoms with Crippen LogP contribution in [-0.4, -0.2) is 60.5 Å². The number of halogens is 2. The van der Waals surface area contributed by atoms with Crippen LogP contribution in [0.25, 0.3) is 0 Å². The van der Waals surface area contributed by atoms with Crippen LogP contribution < -0.4 is 0 Å². The molecule has 0 spiro atoms. The van der Waals surface area contributed by atoms with Gasteiger partial charge in [-0.05, 0) is 25.0 Å². The summed E-state index contributed by atoms with van der Waals surface area (Å²) in [5.74, 6) is -2.10. The fraction of sp³-hybridized carbons (Fsp3) is 0.500. The Morgan fingerprint density at radius 1 is 1.09 bits per heavy atom. The van der Waals surface area contributed by atoms with Gasteiger partial charge in [-0.3, -0.25) is 9.59 Å². The first-order chi connectivity index (χ1) is 11.1. The molecule has 0 radical (unpaired) electrons. The van der Waals surface area contributed by atoms with Crippen molar-refractivity contribution in [3.8, 4) is 0 Å². The van der Waals surface area contributed by atoms with Crippen molar-refractivity contribution in [1.82, 2.24) is 9.80 Å². The van der Waals surface area contributed by atoms with Crippen molar-refractivity contribution in [2.75, 3.05) is 32.8 Å². The van der Waals surface area contributed by atoms with Crippen molar-refractivity contribution < 1.29 is 23.1 Å². The molecule has 1 atom stereocenters. The maximum Gasteiger partial charge on any atom is 0.256 e. The van der Waals surface area contributed by atoms with Crippen molar-refractivity contribution in [3.63, 3.8) is 0 Å². The van der Waals surface area contributed by atoms with E-state index >= 15 is 0 Å². The largest absolute Gasteiger partial charge is 0.368 e. The van der Waals surface area contributed by atoms with Crippen LogP contribution in [0.5, 0.6) is 0 Å². The zero-order valence-corrected chi connectivity index (χ0v) is 12.6. The molecule has 2 aliphatic rings. The molecule has 2 fully saturated rings. The fourth-order valence-corrected chi connectivity index (χ4v) is 2.94. The molecule has 0 N–H and O–H groups in total. The van der Waals surface area contributed by atoms with Crippen molar-refractivity contribution in [3.05, 3.63) is 35.4 Å². The Hall–Kier alpha value is -2.02. The van der Waals surface area contributed by atoms with Crippen LogP contribution in [0.4, 0.5) is 8.78 Å². The average molecular weight is 324 g/mol. The smallest absolute Gasteiger partial charge is 0.256 e. The number of carbonyl (C=O) groups is 2. The third-order valence-electron chi connectivity index (χ3n) is 4.25. The lowest BCUT2D eigenvalue weighted by Crippen LogP contribution is -2.52. The highest BCUT2D eigenvalue weighted by Crippen LogP contribution is 2.17. The van der Waals surface area contributed by atoms with Crippen LogP contribution in [0.2, 0.25) is 0 Å². The maximum absolute atomic E-state index is 13.7. The molecule has 0 bridgehead atoms. The van der Waals surface area contributed by atoms with Gasteiger partial charge in [0.05, 0.1) is 5.56 Å². The lowest BCUT2D eigenvalue weighted by atomic mass is 10.1. The van der Waals surface area contributed by atoms with E-state index in [0.29, 0.717) is 38.9 Å². The molecule has 7 heteroatoms. The number of amides is 2. The molecule has 2 aliphatic heterocycles. The minimum Gasteiger partial charge on any atom is -0.368 e. The number of nitrogens with zero attached hydrogens (tertiary/aromatic N) is 2. The van der Waals surface area contributed by atoms with E-state index in [1.165, 1.54) is 4.90 Å². The van der Waals surface area contributed by atoms with Gasteiger partial charge < -0.3 is 14.5 Å². The average Bonchev–Trinajstić information content (AvgIpc) is 3.08. The van der Waals surface area contributed by atoms with Gasteiger partial charge in [0.15, 0.2) is 0 Å². The van der Waals surface area contributed by atoms with Gasteiger partial charge in [0.2, 0.25) is 0 Å². The van der Waals surface area contributed by atoms with Gasteiger partial charge in [-0.25, -0.2) is 8.78 Å². The highest BCUT2D eigenvalue weighted by molar-refractivity contribution is 5.94. The Bertz CT molecular complexity index is 609. The Labute approximate surface area is 132 Å². The van der Waals surface area contributed by atoms with Gasteiger partial charge >= 0.3 is 0 Å². The Morgan fingerprint density at radius 2 is 1.78 bits per heavy atom. The van der Waals surface area contributed by atoms with Gasteiger partial charge in [0.1, 0.15) is 17.7 Å². The lowest BCUT2D eigenvalue weighted by molar-refractivity contribution is -0.142. The van der Waals surface area contributed by atoms with Crippen molar-refractivity contribution in [1.29, 1.82) is 0 Å². The molecular weight excluding hydrogens is 306 g/mol. The number of hydrogen-bond donors (Lipinski definition) is 0. The second-order valence-corrected chi connectivity index (χ2v) is 5.74. The van der Waals surface area contributed by atoms with Crippen LogP contribution in [0.3, 0.4) is 0 Å². The van der Waals surface area contributed by atoms with E-state index < -0.39 is 17.5 Å². The van der Waals surface area contributed by atoms with Crippen LogP contribution in [0.1, 0.15) is 23.2 Å². The third kappa shape index (κ3) is 3.34. The topological polar surface area (TPSA) is 49.9 Å². The molecule has 1 aromatic rings. The number of carbonyl (C=O) groups excluding carboxylic acids is 2. The summed E-state index contributed by atoms with van der Waals surface area (Å²) >= 11 is 0. The van der Waals surface area contributed by atoms with Gasteiger partial charge in [-0.15, -0.1) is 0 Å². The van der Waals surface area contributed by atoms with E-state index in [1.807, 2.05) is 0 Å². The van der Waals surface area contributed by atoms with Crippen LogP contribution in [0.15, 0.2) is 18.2 Å².